The molecule has 0 saturated carbocycles. The Morgan fingerprint density at radius 1 is 1.33 bits per heavy atom. The molecule has 0 aliphatic carbocycles. The zero-order valence-corrected chi connectivity index (χ0v) is 10.9. The first-order valence-electron chi connectivity index (χ1n) is 6.23. The number of oxazole rings is 1. The van der Waals surface area contributed by atoms with Crippen molar-refractivity contribution in [1.29, 1.82) is 0 Å². The Kier molecular flexibility index (Phi) is 3.15. The van der Waals surface area contributed by atoms with Crippen molar-refractivity contribution in [3.05, 3.63) is 52.8 Å². The number of H-pyrrole nitrogens is 1. The molecule has 2 heterocycles. The van der Waals surface area contributed by atoms with Gasteiger partial charge in [-0.1, -0.05) is 0 Å². The summed E-state index contributed by atoms with van der Waals surface area (Å²) in [6.45, 7) is 0. The molecular weight excluding hydrogens is 272 g/mol. The molecule has 3 rings (SSSR count). The summed E-state index contributed by atoms with van der Waals surface area (Å²) in [6.07, 6.45) is 1.64. The molecule has 3 aromatic rings. The normalized spacial score (nSPS) is 10.7. The zero-order chi connectivity index (χ0) is 14.8. The van der Waals surface area contributed by atoms with Gasteiger partial charge >= 0.3 is 5.76 Å². The van der Waals surface area contributed by atoms with Crippen LogP contribution in [0.2, 0.25) is 0 Å². The van der Waals surface area contributed by atoms with Gasteiger partial charge in [-0.3, -0.25) is 14.8 Å². The summed E-state index contributed by atoms with van der Waals surface area (Å²) in [5, 5.41) is 2.73. The van der Waals surface area contributed by atoms with Gasteiger partial charge in [0.25, 0.3) is 0 Å². The average molecular weight is 284 g/mol. The number of aromatic amines is 1. The van der Waals surface area contributed by atoms with E-state index in [1.165, 1.54) is 6.20 Å². The van der Waals surface area contributed by atoms with Gasteiger partial charge in [0.2, 0.25) is 5.91 Å². The number of anilines is 2. The zero-order valence-electron chi connectivity index (χ0n) is 10.9. The van der Waals surface area contributed by atoms with Gasteiger partial charge in [0.1, 0.15) is 0 Å². The highest BCUT2D eigenvalue weighted by Crippen LogP contribution is 2.16. The minimum atomic E-state index is -0.528. The lowest BCUT2D eigenvalue weighted by Crippen LogP contribution is -2.15. The van der Waals surface area contributed by atoms with Gasteiger partial charge in [0.15, 0.2) is 5.58 Å². The van der Waals surface area contributed by atoms with E-state index in [-0.39, 0.29) is 12.3 Å². The van der Waals surface area contributed by atoms with Gasteiger partial charge in [-0.25, -0.2) is 4.79 Å². The molecule has 21 heavy (non-hydrogen) atoms. The predicted octanol–water partition coefficient (Wildman–Crippen LogP) is 1.28. The maximum atomic E-state index is 11.9. The molecule has 106 valence electrons. The predicted molar refractivity (Wildman–Crippen MR) is 77.8 cm³/mol. The van der Waals surface area contributed by atoms with E-state index < -0.39 is 5.76 Å². The third-order valence-electron chi connectivity index (χ3n) is 2.89. The van der Waals surface area contributed by atoms with Crippen LogP contribution in [0.15, 0.2) is 45.7 Å². The minimum absolute atomic E-state index is 0.139. The van der Waals surface area contributed by atoms with Gasteiger partial charge in [0, 0.05) is 11.4 Å². The highest BCUT2D eigenvalue weighted by molar-refractivity contribution is 5.93. The van der Waals surface area contributed by atoms with Crippen molar-refractivity contribution in [3.63, 3.8) is 0 Å². The summed E-state index contributed by atoms with van der Waals surface area (Å²) >= 11 is 0. The molecule has 0 fully saturated rings. The Bertz CT molecular complexity index is 849. The van der Waals surface area contributed by atoms with Gasteiger partial charge in [0.05, 0.1) is 23.8 Å². The number of nitrogens with one attached hydrogen (secondary N) is 2. The third-order valence-corrected chi connectivity index (χ3v) is 2.89. The molecule has 0 spiro atoms. The first-order chi connectivity index (χ1) is 10.1. The number of fused-ring (bicyclic) bond motifs is 1. The Balaban J connectivity index is 1.73. The molecule has 0 radical (unpaired) electrons. The highest BCUT2D eigenvalue weighted by Gasteiger charge is 2.07. The summed E-state index contributed by atoms with van der Waals surface area (Å²) in [5.74, 6) is -0.739. The van der Waals surface area contributed by atoms with E-state index in [0.29, 0.717) is 28.2 Å². The number of rotatable bonds is 3. The molecule has 7 nitrogen and oxygen atoms in total. The fraction of sp³-hybridized carbons (Fsp3) is 0.0714. The number of carbonyl (C=O) groups is 1. The van der Waals surface area contributed by atoms with Crippen molar-refractivity contribution >= 4 is 28.4 Å². The Morgan fingerprint density at radius 3 is 2.95 bits per heavy atom. The summed E-state index contributed by atoms with van der Waals surface area (Å²) in [5.41, 5.74) is 8.25. The van der Waals surface area contributed by atoms with Crippen molar-refractivity contribution in [1.82, 2.24) is 9.97 Å². The van der Waals surface area contributed by atoms with E-state index in [2.05, 4.69) is 15.3 Å². The molecule has 4 N–H and O–H groups in total. The van der Waals surface area contributed by atoms with E-state index in [1.807, 2.05) is 0 Å². The fourth-order valence-electron chi connectivity index (χ4n) is 1.94. The number of nitrogens with two attached hydrogens (primary N) is 1. The van der Waals surface area contributed by atoms with Crippen molar-refractivity contribution in [3.8, 4) is 0 Å². The summed E-state index contributed by atoms with van der Waals surface area (Å²) in [7, 11) is 0. The lowest BCUT2D eigenvalue weighted by Gasteiger charge is -2.05. The average Bonchev–Trinajstić information content (AvgIpc) is 2.80. The SMILES string of the molecule is Nc1ccc(CC(=O)Nc2ccc3oc(=O)[nH]c3c2)nc1. The number of nitrogens with zero attached hydrogens (tertiary/aromatic N) is 1. The smallest absolute Gasteiger partial charge is 0.408 e. The van der Waals surface area contributed by atoms with Gasteiger partial charge in [-0.15, -0.1) is 0 Å². The van der Waals surface area contributed by atoms with Crippen LogP contribution in [0.5, 0.6) is 0 Å². The van der Waals surface area contributed by atoms with Crippen molar-refractivity contribution in [2.24, 2.45) is 0 Å². The quantitative estimate of drug-likeness (QED) is 0.670. The van der Waals surface area contributed by atoms with Crippen LogP contribution < -0.4 is 16.8 Å². The molecule has 0 aliphatic heterocycles. The van der Waals surface area contributed by atoms with E-state index in [1.54, 1.807) is 30.3 Å². The first kappa shape index (κ1) is 12.9. The van der Waals surface area contributed by atoms with Crippen LogP contribution in [-0.4, -0.2) is 15.9 Å². The second-order valence-corrected chi connectivity index (χ2v) is 4.53. The molecule has 1 amide bonds. The van der Waals surface area contributed by atoms with E-state index in [0.717, 1.165) is 0 Å². The van der Waals surface area contributed by atoms with Crippen LogP contribution >= 0.6 is 0 Å². The molecule has 0 saturated heterocycles. The number of nitrogen functional groups attached to an aromatic ring is 1. The second kappa shape index (κ2) is 5.12. The van der Waals surface area contributed by atoms with Crippen molar-refractivity contribution < 1.29 is 9.21 Å². The maximum absolute atomic E-state index is 11.9. The van der Waals surface area contributed by atoms with E-state index in [4.69, 9.17) is 10.2 Å². The molecule has 7 heteroatoms. The molecule has 2 aromatic heterocycles. The van der Waals surface area contributed by atoms with E-state index in [9.17, 15) is 9.59 Å². The number of hydrogen-bond acceptors (Lipinski definition) is 5. The molecule has 1 aromatic carbocycles. The summed E-state index contributed by atoms with van der Waals surface area (Å²) < 4.78 is 4.89. The Hall–Kier alpha value is -3.09. The largest absolute Gasteiger partial charge is 0.417 e. The lowest BCUT2D eigenvalue weighted by molar-refractivity contribution is -0.115. The van der Waals surface area contributed by atoms with Gasteiger partial charge < -0.3 is 15.5 Å². The number of carbonyl (C=O) groups excluding carboxylic acids is 1. The standard InChI is InChI=1S/C14H12N4O3/c15-8-1-2-9(16-7-8)6-13(19)17-10-3-4-12-11(5-10)18-14(20)21-12/h1-5,7H,6,15H2,(H,17,19)(H,18,20). The molecule has 0 unspecified atom stereocenters. The molecular formula is C14H12N4O3. The number of hydrogen-bond donors (Lipinski definition) is 3. The van der Waals surface area contributed by atoms with E-state index >= 15 is 0 Å². The molecule has 0 bridgehead atoms. The number of benzene rings is 1. The number of amides is 1. The third kappa shape index (κ3) is 2.92. The molecule has 0 aliphatic rings. The summed E-state index contributed by atoms with van der Waals surface area (Å²) in [6, 6.07) is 8.30. The van der Waals surface area contributed by atoms with Crippen LogP contribution in [0.3, 0.4) is 0 Å². The van der Waals surface area contributed by atoms with Gasteiger partial charge in [-0.2, -0.15) is 0 Å². The molecule has 0 atom stereocenters. The minimum Gasteiger partial charge on any atom is -0.408 e. The summed E-state index contributed by atoms with van der Waals surface area (Å²) in [4.78, 5) is 29.6. The lowest BCUT2D eigenvalue weighted by atomic mass is 10.2. The monoisotopic (exact) mass is 284 g/mol. The van der Waals surface area contributed by atoms with Crippen LogP contribution in [0.4, 0.5) is 11.4 Å². The van der Waals surface area contributed by atoms with Crippen molar-refractivity contribution in [2.75, 3.05) is 11.1 Å². The second-order valence-electron chi connectivity index (χ2n) is 4.53. The number of pyridine rings is 1. The topological polar surface area (TPSA) is 114 Å². The highest BCUT2D eigenvalue weighted by atomic mass is 16.4. The van der Waals surface area contributed by atoms with Crippen molar-refractivity contribution in [2.45, 2.75) is 6.42 Å². The maximum Gasteiger partial charge on any atom is 0.417 e. The Morgan fingerprint density at radius 2 is 2.19 bits per heavy atom. The van der Waals surface area contributed by atoms with Crippen LogP contribution in [0, 0.1) is 0 Å². The fourth-order valence-corrected chi connectivity index (χ4v) is 1.94. The Labute approximate surface area is 118 Å². The van der Waals surface area contributed by atoms with Gasteiger partial charge in [-0.05, 0) is 30.3 Å². The van der Waals surface area contributed by atoms with Crippen LogP contribution in [0.1, 0.15) is 5.69 Å². The number of aromatic nitrogens is 2. The first-order valence-corrected chi connectivity index (χ1v) is 6.23. The van der Waals surface area contributed by atoms with Crippen LogP contribution in [0.25, 0.3) is 11.1 Å². The van der Waals surface area contributed by atoms with Crippen LogP contribution in [-0.2, 0) is 11.2 Å².